The van der Waals surface area contributed by atoms with Crippen LogP contribution in [0.2, 0.25) is 0 Å². The van der Waals surface area contributed by atoms with Gasteiger partial charge in [0.05, 0.1) is 6.54 Å². The first kappa shape index (κ1) is 12.2. The summed E-state index contributed by atoms with van der Waals surface area (Å²) >= 11 is 1.73. The number of rotatable bonds is 4. The van der Waals surface area contributed by atoms with E-state index in [0.717, 1.165) is 0 Å². The van der Waals surface area contributed by atoms with E-state index in [1.807, 2.05) is 0 Å². The molecular weight excluding hydrogens is 208 g/mol. The van der Waals surface area contributed by atoms with Crippen molar-refractivity contribution in [1.29, 1.82) is 0 Å². The van der Waals surface area contributed by atoms with E-state index in [0.29, 0.717) is 6.54 Å². The van der Waals surface area contributed by atoms with E-state index >= 15 is 0 Å². The number of thiophene rings is 1. The Morgan fingerprint density at radius 3 is 2.73 bits per heavy atom. The van der Waals surface area contributed by atoms with Crippen LogP contribution in [0.15, 0.2) is 11.4 Å². The lowest BCUT2D eigenvalue weighted by Gasteiger charge is -2.15. The predicted octanol–water partition coefficient (Wildman–Crippen LogP) is 1.80. The minimum Gasteiger partial charge on any atom is -0.348 e. The molecule has 0 saturated heterocycles. The van der Waals surface area contributed by atoms with Gasteiger partial charge in [-0.2, -0.15) is 0 Å². The Labute approximate surface area is 95.1 Å². The zero-order chi connectivity index (χ0) is 11.4. The second-order valence-corrected chi connectivity index (χ2v) is 4.81. The van der Waals surface area contributed by atoms with Gasteiger partial charge in [-0.15, -0.1) is 11.3 Å². The van der Waals surface area contributed by atoms with Gasteiger partial charge >= 0.3 is 0 Å². The van der Waals surface area contributed by atoms with E-state index in [2.05, 4.69) is 30.6 Å². The van der Waals surface area contributed by atoms with Crippen molar-refractivity contribution in [2.45, 2.75) is 19.9 Å². The topological polar surface area (TPSA) is 32.3 Å². The van der Waals surface area contributed by atoms with Crippen LogP contribution in [0.4, 0.5) is 0 Å². The molecule has 3 nitrogen and oxygen atoms in total. The number of hydrogen-bond donors (Lipinski definition) is 1. The van der Waals surface area contributed by atoms with Crippen molar-refractivity contribution in [3.8, 4) is 0 Å². The summed E-state index contributed by atoms with van der Waals surface area (Å²) in [7, 11) is 3.54. The Morgan fingerprint density at radius 2 is 2.27 bits per heavy atom. The van der Waals surface area contributed by atoms with Crippen LogP contribution in [-0.4, -0.2) is 31.4 Å². The van der Waals surface area contributed by atoms with Gasteiger partial charge < -0.3 is 10.2 Å². The maximum Gasteiger partial charge on any atom is 0.236 e. The third-order valence-corrected chi connectivity index (χ3v) is 3.55. The fourth-order valence-electron chi connectivity index (χ4n) is 1.32. The molecule has 1 rings (SSSR count). The maximum absolute atomic E-state index is 11.4. The van der Waals surface area contributed by atoms with Crippen molar-refractivity contribution in [2.24, 2.45) is 0 Å². The Kier molecular flexibility index (Phi) is 4.29. The van der Waals surface area contributed by atoms with Crippen LogP contribution in [0.25, 0.3) is 0 Å². The molecule has 0 aliphatic heterocycles. The molecule has 1 aromatic rings. The predicted molar refractivity (Wildman–Crippen MR) is 64.2 cm³/mol. The third kappa shape index (κ3) is 3.32. The van der Waals surface area contributed by atoms with Crippen LogP contribution >= 0.6 is 11.3 Å². The summed E-state index contributed by atoms with van der Waals surface area (Å²) in [5.74, 6) is 0.107. The van der Waals surface area contributed by atoms with Crippen LogP contribution in [0.1, 0.15) is 23.4 Å². The number of hydrogen-bond acceptors (Lipinski definition) is 3. The average Bonchev–Trinajstić information content (AvgIpc) is 2.60. The fourth-order valence-corrected chi connectivity index (χ4v) is 2.28. The molecule has 0 saturated carbocycles. The Morgan fingerprint density at radius 1 is 1.60 bits per heavy atom. The number of carbonyl (C=O) groups excluding carboxylic acids is 1. The molecule has 0 unspecified atom stereocenters. The number of likely N-dealkylation sites (N-methyl/N-ethyl adjacent to an activating group) is 1. The van der Waals surface area contributed by atoms with Gasteiger partial charge in [0.25, 0.3) is 0 Å². The minimum atomic E-state index is 0.107. The molecule has 0 bridgehead atoms. The molecule has 0 aliphatic rings. The van der Waals surface area contributed by atoms with Crippen molar-refractivity contribution in [2.75, 3.05) is 20.6 Å². The third-order valence-electron chi connectivity index (χ3n) is 2.35. The highest BCUT2D eigenvalue weighted by Gasteiger charge is 2.11. The van der Waals surface area contributed by atoms with Gasteiger partial charge in [-0.25, -0.2) is 0 Å². The van der Waals surface area contributed by atoms with Crippen LogP contribution in [0, 0.1) is 6.92 Å². The summed E-state index contributed by atoms with van der Waals surface area (Å²) in [6.45, 7) is 4.57. The van der Waals surface area contributed by atoms with Gasteiger partial charge in [-0.05, 0) is 30.9 Å². The SMILES string of the molecule is Cc1ccsc1[C@@H](C)NCC(=O)N(C)C. The number of nitrogens with one attached hydrogen (secondary N) is 1. The van der Waals surface area contributed by atoms with E-state index in [-0.39, 0.29) is 11.9 Å². The fraction of sp³-hybridized carbons (Fsp3) is 0.545. The minimum absolute atomic E-state index is 0.107. The molecule has 4 heteroatoms. The Bertz CT molecular complexity index is 333. The van der Waals surface area contributed by atoms with E-state index < -0.39 is 0 Å². The first-order valence-corrected chi connectivity index (χ1v) is 5.88. The van der Waals surface area contributed by atoms with Crippen LogP contribution < -0.4 is 5.32 Å². The van der Waals surface area contributed by atoms with Crippen molar-refractivity contribution < 1.29 is 4.79 Å². The standard InChI is InChI=1S/C11H18N2OS/c1-8-5-6-15-11(8)9(2)12-7-10(14)13(3)4/h5-6,9,12H,7H2,1-4H3/t9-/m1/s1. The van der Waals surface area contributed by atoms with Crippen molar-refractivity contribution in [1.82, 2.24) is 10.2 Å². The second kappa shape index (κ2) is 5.28. The molecule has 1 aromatic heterocycles. The van der Waals surface area contributed by atoms with Gasteiger partial charge in [0.15, 0.2) is 0 Å². The largest absolute Gasteiger partial charge is 0.348 e. The van der Waals surface area contributed by atoms with Crippen LogP contribution in [0.5, 0.6) is 0 Å². The molecule has 1 atom stereocenters. The van der Waals surface area contributed by atoms with E-state index in [1.54, 1.807) is 30.3 Å². The summed E-state index contributed by atoms with van der Waals surface area (Å²) < 4.78 is 0. The normalized spacial score (nSPS) is 12.5. The number of aryl methyl sites for hydroxylation is 1. The number of carbonyl (C=O) groups is 1. The van der Waals surface area contributed by atoms with Crippen molar-refractivity contribution in [3.63, 3.8) is 0 Å². The van der Waals surface area contributed by atoms with E-state index in [1.165, 1.54) is 10.4 Å². The molecule has 1 heterocycles. The lowest BCUT2D eigenvalue weighted by Crippen LogP contribution is -2.34. The molecule has 0 spiro atoms. The molecule has 0 aromatic carbocycles. The number of nitrogens with zero attached hydrogens (tertiary/aromatic N) is 1. The lowest BCUT2D eigenvalue weighted by atomic mass is 10.2. The summed E-state index contributed by atoms with van der Waals surface area (Å²) in [4.78, 5) is 14.3. The summed E-state index contributed by atoms with van der Waals surface area (Å²) in [6.07, 6.45) is 0. The van der Waals surface area contributed by atoms with Gasteiger partial charge in [-0.3, -0.25) is 4.79 Å². The highest BCUT2D eigenvalue weighted by Crippen LogP contribution is 2.22. The molecule has 1 amide bonds. The van der Waals surface area contributed by atoms with Gasteiger partial charge in [0.1, 0.15) is 0 Å². The molecule has 0 radical (unpaired) electrons. The molecular formula is C11H18N2OS. The Hall–Kier alpha value is -0.870. The Balaban J connectivity index is 2.47. The summed E-state index contributed by atoms with van der Waals surface area (Å²) in [6, 6.07) is 2.35. The van der Waals surface area contributed by atoms with Crippen molar-refractivity contribution in [3.05, 3.63) is 21.9 Å². The summed E-state index contributed by atoms with van der Waals surface area (Å²) in [5.41, 5.74) is 1.29. The zero-order valence-corrected chi connectivity index (χ0v) is 10.5. The highest BCUT2D eigenvalue weighted by atomic mass is 32.1. The van der Waals surface area contributed by atoms with Gasteiger partial charge in [0, 0.05) is 25.0 Å². The molecule has 15 heavy (non-hydrogen) atoms. The van der Waals surface area contributed by atoms with E-state index in [4.69, 9.17) is 0 Å². The first-order chi connectivity index (χ1) is 7.02. The quantitative estimate of drug-likeness (QED) is 0.849. The molecule has 0 fully saturated rings. The lowest BCUT2D eigenvalue weighted by molar-refractivity contribution is -0.127. The molecule has 1 N–H and O–H groups in total. The smallest absolute Gasteiger partial charge is 0.236 e. The van der Waals surface area contributed by atoms with Gasteiger partial charge in [0.2, 0.25) is 5.91 Å². The zero-order valence-electron chi connectivity index (χ0n) is 9.70. The number of amides is 1. The highest BCUT2D eigenvalue weighted by molar-refractivity contribution is 7.10. The van der Waals surface area contributed by atoms with Crippen LogP contribution in [0.3, 0.4) is 0 Å². The van der Waals surface area contributed by atoms with Crippen LogP contribution in [-0.2, 0) is 4.79 Å². The molecule has 0 aliphatic carbocycles. The maximum atomic E-state index is 11.4. The average molecular weight is 226 g/mol. The van der Waals surface area contributed by atoms with E-state index in [9.17, 15) is 4.79 Å². The van der Waals surface area contributed by atoms with Crippen molar-refractivity contribution >= 4 is 17.2 Å². The summed E-state index contributed by atoms with van der Waals surface area (Å²) in [5, 5.41) is 5.31. The molecule has 84 valence electrons. The first-order valence-electron chi connectivity index (χ1n) is 5.00. The monoisotopic (exact) mass is 226 g/mol. The second-order valence-electron chi connectivity index (χ2n) is 3.86. The van der Waals surface area contributed by atoms with Gasteiger partial charge in [-0.1, -0.05) is 0 Å².